The number of halogens is 5. The van der Waals surface area contributed by atoms with Gasteiger partial charge in [-0.2, -0.15) is 13.2 Å². The molecule has 9 heteroatoms. The Kier molecular flexibility index (Phi) is 6.85. The van der Waals surface area contributed by atoms with E-state index < -0.39 is 40.8 Å². The predicted molar refractivity (Wildman–Crippen MR) is 117 cm³/mol. The van der Waals surface area contributed by atoms with Crippen LogP contribution in [0.2, 0.25) is 0 Å². The minimum absolute atomic E-state index is 0.0626. The van der Waals surface area contributed by atoms with Crippen molar-refractivity contribution in [2.24, 2.45) is 0 Å². The van der Waals surface area contributed by atoms with Crippen molar-refractivity contribution in [3.63, 3.8) is 0 Å². The first-order chi connectivity index (χ1) is 15.9. The van der Waals surface area contributed by atoms with Crippen LogP contribution in [0.3, 0.4) is 0 Å². The molecule has 0 aliphatic heterocycles. The van der Waals surface area contributed by atoms with Gasteiger partial charge in [-0.1, -0.05) is 18.7 Å². The first kappa shape index (κ1) is 24.6. The topological polar surface area (TPSA) is 55.4 Å². The molecule has 0 unspecified atom stereocenters. The Morgan fingerprint density at radius 2 is 1.53 bits per heavy atom. The third-order valence-electron chi connectivity index (χ3n) is 4.94. The third-order valence-corrected chi connectivity index (χ3v) is 4.94. The van der Waals surface area contributed by atoms with Crippen LogP contribution >= 0.6 is 0 Å². The van der Waals surface area contributed by atoms with Crippen LogP contribution in [-0.2, 0) is 0 Å². The molecule has 176 valence electrons. The fourth-order valence-corrected chi connectivity index (χ4v) is 3.21. The van der Waals surface area contributed by atoms with Crippen LogP contribution in [-0.4, -0.2) is 18.1 Å². The van der Waals surface area contributed by atoms with Crippen LogP contribution in [0, 0.1) is 25.5 Å². The molecule has 0 aliphatic carbocycles. The molecule has 1 amide bonds. The number of allylic oxidation sites excluding steroid dienone is 1. The second kappa shape index (κ2) is 9.46. The minimum Gasteiger partial charge on any atom is -0.423 e. The number of esters is 1. The molecular weight excluding hydrogens is 457 g/mol. The summed E-state index contributed by atoms with van der Waals surface area (Å²) in [5.41, 5.74) is -0.571. The van der Waals surface area contributed by atoms with Crippen LogP contribution < -0.4 is 10.1 Å². The van der Waals surface area contributed by atoms with Gasteiger partial charge in [-0.05, 0) is 73.0 Å². The number of carbonyl (C=O) groups is 2. The number of amides is 1. The molecule has 4 nitrogen and oxygen atoms in total. The van der Waals surface area contributed by atoms with Gasteiger partial charge in [0.25, 0.3) is 5.91 Å². The number of anilines is 1. The summed E-state index contributed by atoms with van der Waals surface area (Å²) in [6.45, 7) is 6.17. The number of hydrogen-bond acceptors (Lipinski definition) is 3. The molecule has 0 saturated heterocycles. The van der Waals surface area contributed by atoms with Crippen LogP contribution in [0.4, 0.5) is 27.6 Å². The lowest BCUT2D eigenvalue weighted by Gasteiger charge is -2.16. The average Bonchev–Trinajstić information content (AvgIpc) is 2.76. The number of benzene rings is 3. The summed E-state index contributed by atoms with van der Waals surface area (Å²) in [4.78, 5) is 24.9. The van der Waals surface area contributed by atoms with Gasteiger partial charge in [0.15, 0.2) is 11.6 Å². The number of hydrogen-bond donors (Lipinski definition) is 1. The molecule has 0 fully saturated rings. The first-order valence-electron chi connectivity index (χ1n) is 9.84. The Morgan fingerprint density at radius 3 is 2.15 bits per heavy atom. The standard InChI is InChI=1S/C25H18F5NO3/c1-13-10-17(15(3)25(28,29)30)11-14(2)22(13)31-23(32)16-6-4-7-18(12-16)34-24(33)19-8-5-9-20(26)21(19)27/h4-12H,3H2,1-2H3,(H,31,32). The quantitative estimate of drug-likeness (QED) is 0.256. The molecule has 1 N–H and O–H groups in total. The zero-order valence-corrected chi connectivity index (χ0v) is 18.0. The first-order valence-corrected chi connectivity index (χ1v) is 9.84. The van der Waals surface area contributed by atoms with Gasteiger partial charge in [0, 0.05) is 11.3 Å². The number of carbonyl (C=O) groups excluding carboxylic acids is 2. The maximum absolute atomic E-state index is 13.8. The second-order valence-corrected chi connectivity index (χ2v) is 7.43. The molecule has 0 atom stereocenters. The van der Waals surface area contributed by atoms with Crippen LogP contribution in [0.5, 0.6) is 5.75 Å². The zero-order valence-electron chi connectivity index (χ0n) is 18.0. The van der Waals surface area contributed by atoms with Gasteiger partial charge in [0.1, 0.15) is 5.75 Å². The van der Waals surface area contributed by atoms with E-state index in [0.29, 0.717) is 16.8 Å². The molecule has 34 heavy (non-hydrogen) atoms. The van der Waals surface area contributed by atoms with E-state index >= 15 is 0 Å². The van der Waals surface area contributed by atoms with Crippen molar-refractivity contribution in [3.05, 3.63) is 101 Å². The highest BCUT2D eigenvalue weighted by Crippen LogP contribution is 2.35. The molecule has 0 spiro atoms. The van der Waals surface area contributed by atoms with Crippen molar-refractivity contribution >= 4 is 23.1 Å². The Balaban J connectivity index is 1.80. The Labute approximate surface area is 191 Å². The van der Waals surface area contributed by atoms with Gasteiger partial charge >= 0.3 is 12.1 Å². The fraction of sp³-hybridized carbons (Fsp3) is 0.120. The molecule has 0 aliphatic rings. The van der Waals surface area contributed by atoms with Gasteiger partial charge < -0.3 is 10.1 Å². The van der Waals surface area contributed by atoms with Gasteiger partial charge in [-0.3, -0.25) is 4.79 Å². The monoisotopic (exact) mass is 475 g/mol. The SMILES string of the molecule is C=C(c1cc(C)c(NC(=O)c2cccc(OC(=O)c3cccc(F)c3F)c2)c(C)c1)C(F)(F)F. The van der Waals surface area contributed by atoms with Crippen molar-refractivity contribution in [1.29, 1.82) is 0 Å². The Bertz CT molecular complexity index is 1270. The normalized spacial score (nSPS) is 11.1. The van der Waals surface area contributed by atoms with Gasteiger partial charge in [0.2, 0.25) is 0 Å². The fourth-order valence-electron chi connectivity index (χ4n) is 3.21. The highest BCUT2D eigenvalue weighted by Gasteiger charge is 2.33. The molecular formula is C25H18F5NO3. The highest BCUT2D eigenvalue weighted by molar-refractivity contribution is 6.05. The molecule has 3 aromatic carbocycles. The van der Waals surface area contributed by atoms with Gasteiger partial charge in [0.05, 0.1) is 11.1 Å². The van der Waals surface area contributed by atoms with Crippen molar-refractivity contribution in [1.82, 2.24) is 0 Å². The van der Waals surface area contributed by atoms with E-state index in [1.54, 1.807) is 13.8 Å². The molecule has 0 saturated carbocycles. The molecule has 0 heterocycles. The summed E-state index contributed by atoms with van der Waals surface area (Å²) in [6.07, 6.45) is -4.59. The van der Waals surface area contributed by atoms with Crippen LogP contribution in [0.15, 0.2) is 61.2 Å². The largest absolute Gasteiger partial charge is 0.423 e. The van der Waals surface area contributed by atoms with E-state index in [0.717, 1.165) is 18.2 Å². The summed E-state index contributed by atoms with van der Waals surface area (Å²) in [7, 11) is 0. The lowest BCUT2D eigenvalue weighted by molar-refractivity contribution is -0.0686. The summed E-state index contributed by atoms with van der Waals surface area (Å²) in [5.74, 6) is -4.43. The van der Waals surface area contributed by atoms with Crippen molar-refractivity contribution in [2.45, 2.75) is 20.0 Å². The van der Waals surface area contributed by atoms with E-state index in [-0.39, 0.29) is 16.9 Å². The zero-order chi connectivity index (χ0) is 25.2. The van der Waals surface area contributed by atoms with E-state index in [1.165, 1.54) is 36.4 Å². The van der Waals surface area contributed by atoms with Gasteiger partial charge in [-0.25, -0.2) is 13.6 Å². The smallest absolute Gasteiger partial charge is 0.416 e. The summed E-state index contributed by atoms with van der Waals surface area (Å²) < 4.78 is 71.1. The molecule has 0 bridgehead atoms. The average molecular weight is 475 g/mol. The van der Waals surface area contributed by atoms with E-state index in [4.69, 9.17) is 4.74 Å². The molecule has 0 radical (unpaired) electrons. The predicted octanol–water partition coefficient (Wildman–Crippen LogP) is 6.63. The molecule has 0 aromatic heterocycles. The van der Waals surface area contributed by atoms with Crippen molar-refractivity contribution in [3.8, 4) is 5.75 Å². The second-order valence-electron chi connectivity index (χ2n) is 7.43. The Morgan fingerprint density at radius 1 is 0.912 bits per heavy atom. The summed E-state index contributed by atoms with van der Waals surface area (Å²) >= 11 is 0. The van der Waals surface area contributed by atoms with Gasteiger partial charge in [-0.15, -0.1) is 0 Å². The number of nitrogens with one attached hydrogen (secondary N) is 1. The van der Waals surface area contributed by atoms with Crippen molar-refractivity contribution < 1.29 is 36.3 Å². The number of alkyl halides is 3. The molecule has 3 aromatic rings. The van der Waals surface area contributed by atoms with Crippen LogP contribution in [0.25, 0.3) is 5.57 Å². The van der Waals surface area contributed by atoms with E-state index in [1.807, 2.05) is 0 Å². The maximum atomic E-state index is 13.8. The van der Waals surface area contributed by atoms with Crippen molar-refractivity contribution in [2.75, 3.05) is 5.32 Å². The van der Waals surface area contributed by atoms with Crippen LogP contribution in [0.1, 0.15) is 37.4 Å². The summed E-state index contributed by atoms with van der Waals surface area (Å²) in [6, 6.07) is 11.0. The number of rotatable bonds is 5. The third kappa shape index (κ3) is 5.31. The Hall–Kier alpha value is -4.01. The highest BCUT2D eigenvalue weighted by atomic mass is 19.4. The number of aryl methyl sites for hydroxylation is 2. The lowest BCUT2D eigenvalue weighted by atomic mass is 9.99. The summed E-state index contributed by atoms with van der Waals surface area (Å²) in [5, 5.41) is 2.63. The van der Waals surface area contributed by atoms with E-state index in [9.17, 15) is 31.5 Å². The maximum Gasteiger partial charge on any atom is 0.416 e. The van der Waals surface area contributed by atoms with E-state index in [2.05, 4.69) is 11.9 Å². The lowest BCUT2D eigenvalue weighted by Crippen LogP contribution is -2.16. The minimum atomic E-state index is -4.59. The molecule has 3 rings (SSSR count). The number of ether oxygens (including phenoxy) is 1.